The molecule has 2 aromatic heterocycles. The van der Waals surface area contributed by atoms with Crippen LogP contribution in [0.5, 0.6) is 0 Å². The fraction of sp³-hybridized carbons (Fsp3) is 0.705. The third-order valence-corrected chi connectivity index (χ3v) is 13.1. The molecule has 0 spiro atoms. The Kier molecular flexibility index (Phi) is 15.0. The van der Waals surface area contributed by atoms with Crippen molar-refractivity contribution in [1.29, 1.82) is 0 Å². The van der Waals surface area contributed by atoms with Crippen LogP contribution in [0, 0.1) is 23.7 Å². The molecule has 0 radical (unpaired) electrons. The number of aliphatic hydroxyl groups is 1. The second kappa shape index (κ2) is 19.2. The van der Waals surface area contributed by atoms with E-state index in [0.29, 0.717) is 25.8 Å². The Morgan fingerprint density at radius 2 is 1.75 bits per heavy atom. The number of rotatable bonds is 11. The zero-order valence-electron chi connectivity index (χ0n) is 37.0. The number of ether oxygens (including phenoxy) is 5. The molecule has 3 aliphatic heterocycles. The Morgan fingerprint density at radius 1 is 1.05 bits per heavy atom. The Hall–Kier alpha value is -4.25. The number of hydrogen-bond acceptors (Lipinski definition) is 13. The van der Waals surface area contributed by atoms with Crippen LogP contribution in [-0.4, -0.2) is 134 Å². The van der Waals surface area contributed by atoms with Gasteiger partial charge in [-0.3, -0.25) is 24.2 Å². The summed E-state index contributed by atoms with van der Waals surface area (Å²) in [5.41, 5.74) is -1.06. The van der Waals surface area contributed by atoms with Crippen LogP contribution >= 0.6 is 0 Å². The molecule has 5 heterocycles. The number of Topliss-reactive ketones (excluding diaryl/α,β-unsaturated/α-hetero) is 2. The molecule has 16 heteroatoms. The van der Waals surface area contributed by atoms with Gasteiger partial charge in [-0.25, -0.2) is 9.78 Å². The number of nitrogens with zero attached hydrogens (tertiary/aromatic N) is 5. The van der Waals surface area contributed by atoms with Crippen molar-refractivity contribution < 1.29 is 52.8 Å². The maximum Gasteiger partial charge on any atom is 0.410 e. The highest BCUT2D eigenvalue weighted by molar-refractivity contribution is 6.00. The molecule has 0 saturated carbocycles. The number of methoxy groups -OCH3 is 1. The number of likely N-dealkylation sites (N-methyl/N-ethyl adjacent to an activating group) is 1. The summed E-state index contributed by atoms with van der Waals surface area (Å²) in [6.07, 6.45) is 3.38. The minimum Gasteiger partial charge on any atom is -0.458 e. The number of carbonyl (C=O) groups excluding carboxylic acids is 5. The van der Waals surface area contributed by atoms with Crippen LogP contribution in [0.15, 0.2) is 37.1 Å². The van der Waals surface area contributed by atoms with Gasteiger partial charge in [0.05, 0.1) is 41.9 Å². The summed E-state index contributed by atoms with van der Waals surface area (Å²) in [5.74, 6) is -5.53. The lowest BCUT2D eigenvalue weighted by atomic mass is 9.73. The molecule has 2 aromatic rings. The van der Waals surface area contributed by atoms with Crippen molar-refractivity contribution in [3.8, 4) is 11.3 Å². The van der Waals surface area contributed by atoms with Gasteiger partial charge in [-0.2, -0.15) is 0 Å². The first-order chi connectivity index (χ1) is 28.3. The third-order valence-electron chi connectivity index (χ3n) is 13.1. The van der Waals surface area contributed by atoms with Crippen LogP contribution in [0.3, 0.4) is 0 Å². The van der Waals surface area contributed by atoms with Crippen LogP contribution < -0.4 is 0 Å². The number of esters is 1. The summed E-state index contributed by atoms with van der Waals surface area (Å²) < 4.78 is 33.1. The number of hydrogen-bond donors (Lipinski definition) is 1. The predicted octanol–water partition coefficient (Wildman–Crippen LogP) is 4.85. The van der Waals surface area contributed by atoms with Crippen LogP contribution in [0.4, 0.5) is 4.79 Å². The first kappa shape index (κ1) is 46.8. The number of amides is 2. The monoisotopic (exact) mass is 839 g/mol. The Morgan fingerprint density at radius 3 is 2.38 bits per heavy atom. The molecule has 1 N–H and O–H groups in total. The number of aryl methyl sites for hydroxylation is 1. The van der Waals surface area contributed by atoms with Crippen molar-refractivity contribution in [2.45, 2.75) is 155 Å². The van der Waals surface area contributed by atoms with E-state index in [0.717, 1.165) is 11.3 Å². The summed E-state index contributed by atoms with van der Waals surface area (Å²) in [6.45, 7) is 16.0. The highest BCUT2D eigenvalue weighted by atomic mass is 16.7. The van der Waals surface area contributed by atoms with Gasteiger partial charge in [0, 0.05) is 76.1 Å². The quantitative estimate of drug-likeness (QED) is 0.184. The molecule has 5 rings (SSSR count). The number of pyridine rings is 1. The average Bonchev–Trinajstić information content (AvgIpc) is 3.80. The molecule has 0 bridgehead atoms. The topological polar surface area (TPSA) is 189 Å². The van der Waals surface area contributed by atoms with E-state index in [2.05, 4.69) is 9.97 Å². The summed E-state index contributed by atoms with van der Waals surface area (Å²) in [7, 11) is 3.06. The highest BCUT2D eigenvalue weighted by Crippen LogP contribution is 2.43. The molecule has 60 heavy (non-hydrogen) atoms. The third kappa shape index (κ3) is 9.61. The second-order valence-electron chi connectivity index (χ2n) is 17.5. The smallest absolute Gasteiger partial charge is 0.410 e. The first-order valence-corrected chi connectivity index (χ1v) is 21.2. The van der Waals surface area contributed by atoms with E-state index >= 15 is 0 Å². The lowest BCUT2D eigenvalue weighted by Gasteiger charge is -2.47. The van der Waals surface area contributed by atoms with Crippen LogP contribution in [0.2, 0.25) is 0 Å². The number of carbonyl (C=O) groups is 5. The van der Waals surface area contributed by atoms with Gasteiger partial charge >= 0.3 is 12.1 Å². The van der Waals surface area contributed by atoms with E-state index in [9.17, 15) is 29.1 Å². The lowest BCUT2D eigenvalue weighted by Crippen LogP contribution is -2.60. The van der Waals surface area contributed by atoms with Gasteiger partial charge in [0.15, 0.2) is 17.7 Å². The van der Waals surface area contributed by atoms with Gasteiger partial charge < -0.3 is 43.2 Å². The van der Waals surface area contributed by atoms with Gasteiger partial charge in [-0.15, -0.1) is 0 Å². The molecule has 0 aromatic carbocycles. The summed E-state index contributed by atoms with van der Waals surface area (Å²) in [4.78, 5) is 81.0. The average molecular weight is 840 g/mol. The van der Waals surface area contributed by atoms with Gasteiger partial charge in [0.2, 0.25) is 5.91 Å². The molecule has 3 fully saturated rings. The molecule has 0 aliphatic carbocycles. The number of fused-ring (bicyclic) bond motifs is 1. The van der Waals surface area contributed by atoms with E-state index in [1.165, 1.54) is 25.9 Å². The largest absolute Gasteiger partial charge is 0.458 e. The number of aromatic nitrogens is 3. The number of unbranched alkanes of at least 4 members (excludes halogenated alkanes) is 1. The van der Waals surface area contributed by atoms with Crippen molar-refractivity contribution in [1.82, 2.24) is 24.3 Å². The van der Waals surface area contributed by atoms with Crippen molar-refractivity contribution in [3.63, 3.8) is 0 Å². The minimum atomic E-state index is -1.43. The zero-order valence-corrected chi connectivity index (χ0v) is 37.0. The molecule has 2 amide bonds. The Labute approximate surface area is 353 Å². The first-order valence-electron chi connectivity index (χ1n) is 21.2. The number of imidazole rings is 1. The normalized spacial score (nSPS) is 35.7. The molecule has 16 nitrogen and oxygen atoms in total. The van der Waals surface area contributed by atoms with Gasteiger partial charge in [-0.05, 0) is 71.9 Å². The Balaban J connectivity index is 1.44. The zero-order chi connectivity index (χ0) is 44.3. The van der Waals surface area contributed by atoms with E-state index < -0.39 is 95.5 Å². The summed E-state index contributed by atoms with van der Waals surface area (Å²) >= 11 is 0. The maximum atomic E-state index is 14.7. The van der Waals surface area contributed by atoms with E-state index in [-0.39, 0.29) is 31.1 Å². The van der Waals surface area contributed by atoms with Crippen LogP contribution in [0.25, 0.3) is 11.3 Å². The summed E-state index contributed by atoms with van der Waals surface area (Å²) in [6, 6.07) is 2.34. The molecule has 3 saturated heterocycles. The van der Waals surface area contributed by atoms with Gasteiger partial charge in [0.25, 0.3) is 0 Å². The second-order valence-corrected chi connectivity index (χ2v) is 17.5. The number of ketones is 2. The molecular formula is C44H65N5O11. The fourth-order valence-corrected chi connectivity index (χ4v) is 9.54. The van der Waals surface area contributed by atoms with Gasteiger partial charge in [-0.1, -0.05) is 27.7 Å². The Bertz CT molecular complexity index is 1840. The van der Waals surface area contributed by atoms with Gasteiger partial charge in [0.1, 0.15) is 23.9 Å². The van der Waals surface area contributed by atoms with E-state index in [4.69, 9.17) is 23.7 Å². The van der Waals surface area contributed by atoms with Crippen molar-refractivity contribution in [2.24, 2.45) is 23.7 Å². The maximum absolute atomic E-state index is 14.7. The molecule has 332 valence electrons. The SMILES string of the molecule is CC[C@H]1OC(=O)[C@H](C)C(=O)[C@H](C)[C@@H](O[C@@H]2O[C@H](C)CC(N(C)C(C)=O)[C@H]2O)[C@](C)(OC)C[C@@H](C)C(=O)[C@H](C)[C@H]2N(CCCCn3cnc(-c4cccnc4)c3)C(=O)O[C@]12C. The van der Waals surface area contributed by atoms with Crippen molar-refractivity contribution in [3.05, 3.63) is 37.1 Å². The molecular weight excluding hydrogens is 775 g/mol. The predicted molar refractivity (Wildman–Crippen MR) is 219 cm³/mol. The highest BCUT2D eigenvalue weighted by Gasteiger charge is 2.60. The lowest BCUT2D eigenvalue weighted by molar-refractivity contribution is -0.295. The van der Waals surface area contributed by atoms with Crippen LogP contribution in [0.1, 0.15) is 94.4 Å². The fourth-order valence-electron chi connectivity index (χ4n) is 9.54. The number of aliphatic hydroxyl groups excluding tert-OH is 1. The van der Waals surface area contributed by atoms with Crippen molar-refractivity contribution >= 4 is 29.5 Å². The number of cyclic esters (lactones) is 1. The molecule has 1 unspecified atom stereocenters. The minimum absolute atomic E-state index is 0.0737. The molecule has 3 aliphatic rings. The molecule has 13 atom stereocenters. The standard InChI is InChI=1S/C44H65N5O11/c1-12-34-44(9)38(49(42(55)60-44)19-14-13-18-48-23-32(46-24-48)31-16-15-17-45-22-31)27(4)35(51)25(2)21-43(8,56-11)39(28(5)36(52)29(6)40(54)58-34)59-41-37(53)33(20-26(3)57-41)47(10)30(7)50/h15-17,22-29,33-34,37-39,41,53H,12-14,18-21H2,1-11H3/t25-,26-,27+,28+,29-,33?,34-,37-,38-,39-,41+,43-,44-/m1/s1. The van der Waals surface area contributed by atoms with Crippen molar-refractivity contribution in [2.75, 3.05) is 20.7 Å². The van der Waals surface area contributed by atoms with E-state index in [1.54, 1.807) is 79.1 Å². The van der Waals surface area contributed by atoms with E-state index in [1.807, 2.05) is 22.9 Å². The van der Waals surface area contributed by atoms with Crippen LogP contribution in [-0.2, 0) is 49.4 Å². The summed E-state index contributed by atoms with van der Waals surface area (Å²) in [5, 5.41) is 11.5.